The fourth-order valence-electron chi connectivity index (χ4n) is 2.36. The minimum absolute atomic E-state index is 0.799. The van der Waals surface area contributed by atoms with E-state index in [4.69, 9.17) is 5.73 Å². The van der Waals surface area contributed by atoms with E-state index in [0.29, 0.717) is 0 Å². The van der Waals surface area contributed by atoms with Crippen LogP contribution in [0, 0.1) is 6.92 Å². The topological polar surface area (TPSA) is 38.0 Å². The highest BCUT2D eigenvalue weighted by Crippen LogP contribution is 2.22. The van der Waals surface area contributed by atoms with Gasteiger partial charge in [0.05, 0.1) is 0 Å². The first-order valence-corrected chi connectivity index (χ1v) is 7.57. The van der Waals surface area contributed by atoms with E-state index >= 15 is 0 Å². The molecule has 2 aromatic carbocycles. The van der Waals surface area contributed by atoms with E-state index in [1.165, 1.54) is 20.5 Å². The third-order valence-corrected chi connectivity index (χ3v) is 4.42. The van der Waals surface area contributed by atoms with Gasteiger partial charge in [-0.2, -0.15) is 0 Å². The molecule has 0 saturated carbocycles. The molecule has 102 valence electrons. The van der Waals surface area contributed by atoms with Crippen LogP contribution in [0.4, 0.5) is 5.69 Å². The molecule has 0 saturated heterocycles. The lowest BCUT2D eigenvalue weighted by Gasteiger charge is -2.09. The first-order valence-electron chi connectivity index (χ1n) is 6.75. The number of nitrogens with two attached hydrogens (primary N) is 1. The molecule has 1 aromatic heterocycles. The number of anilines is 1. The van der Waals surface area contributed by atoms with Crippen molar-refractivity contribution in [3.8, 4) is 0 Å². The molecule has 0 spiro atoms. The first kappa shape index (κ1) is 13.2. The Bertz CT molecular complexity index is 731. The number of thiophene rings is 1. The van der Waals surface area contributed by atoms with Crippen LogP contribution >= 0.6 is 11.3 Å². The van der Waals surface area contributed by atoms with Crippen LogP contribution in [0.3, 0.4) is 0 Å². The molecule has 0 fully saturated rings. The number of hydrogen-bond acceptors (Lipinski definition) is 3. The van der Waals surface area contributed by atoms with Crippen molar-refractivity contribution in [3.05, 3.63) is 63.8 Å². The molecule has 0 amide bonds. The molecule has 3 rings (SSSR count). The second-order valence-corrected chi connectivity index (χ2v) is 6.39. The molecule has 20 heavy (non-hydrogen) atoms. The van der Waals surface area contributed by atoms with Gasteiger partial charge in [0.15, 0.2) is 0 Å². The number of hydrogen-bond donors (Lipinski definition) is 2. The monoisotopic (exact) mass is 282 g/mol. The summed E-state index contributed by atoms with van der Waals surface area (Å²) in [6.45, 7) is 3.83. The molecule has 0 aliphatic carbocycles. The van der Waals surface area contributed by atoms with Gasteiger partial charge in [0.2, 0.25) is 0 Å². The minimum Gasteiger partial charge on any atom is -0.398 e. The van der Waals surface area contributed by atoms with E-state index in [1.54, 1.807) is 0 Å². The predicted octanol–water partition coefficient (Wildman–Crippen LogP) is 4.08. The molecule has 0 unspecified atom stereocenters. The summed E-state index contributed by atoms with van der Waals surface area (Å²) in [4.78, 5) is 2.72. The fourth-order valence-corrected chi connectivity index (χ4v) is 3.22. The van der Waals surface area contributed by atoms with Crippen molar-refractivity contribution in [2.45, 2.75) is 20.0 Å². The Balaban J connectivity index is 1.72. The Morgan fingerprint density at radius 3 is 2.45 bits per heavy atom. The highest BCUT2D eigenvalue weighted by Gasteiger charge is 2.03. The first-order chi connectivity index (χ1) is 9.72. The number of aryl methyl sites for hydroxylation is 1. The Hall–Kier alpha value is -1.84. The predicted molar refractivity (Wildman–Crippen MR) is 88.0 cm³/mol. The second-order valence-electron chi connectivity index (χ2n) is 5.01. The Kier molecular flexibility index (Phi) is 3.72. The number of fused-ring (bicyclic) bond motifs is 1. The van der Waals surface area contributed by atoms with Crippen molar-refractivity contribution < 1.29 is 0 Å². The van der Waals surface area contributed by atoms with Crippen molar-refractivity contribution >= 4 is 27.8 Å². The molecule has 1 heterocycles. The van der Waals surface area contributed by atoms with Crippen LogP contribution in [0.1, 0.15) is 15.3 Å². The smallest absolute Gasteiger partial charge is 0.0366 e. The standard InChI is InChI=1S/C17H18N2S/c1-12-6-7-16(20-12)11-19-10-15-8-13-4-2-3-5-14(13)9-17(15)18/h2-9,19H,10-11,18H2,1H3. The van der Waals surface area contributed by atoms with Crippen molar-refractivity contribution in [3.63, 3.8) is 0 Å². The van der Waals surface area contributed by atoms with Crippen LogP contribution < -0.4 is 11.1 Å². The molecule has 0 radical (unpaired) electrons. The van der Waals surface area contributed by atoms with Crippen molar-refractivity contribution in [1.29, 1.82) is 0 Å². The molecular weight excluding hydrogens is 264 g/mol. The third kappa shape index (κ3) is 2.84. The molecule has 3 aromatic rings. The highest BCUT2D eigenvalue weighted by molar-refractivity contribution is 7.11. The van der Waals surface area contributed by atoms with Crippen molar-refractivity contribution in [2.24, 2.45) is 0 Å². The van der Waals surface area contributed by atoms with Gasteiger partial charge in [-0.1, -0.05) is 24.3 Å². The van der Waals surface area contributed by atoms with Crippen LogP contribution in [-0.2, 0) is 13.1 Å². The molecule has 3 heteroatoms. The van der Waals surface area contributed by atoms with Gasteiger partial charge in [-0.15, -0.1) is 11.3 Å². The summed E-state index contributed by atoms with van der Waals surface area (Å²) in [7, 11) is 0. The van der Waals surface area contributed by atoms with E-state index in [1.807, 2.05) is 17.4 Å². The van der Waals surface area contributed by atoms with E-state index in [-0.39, 0.29) is 0 Å². The van der Waals surface area contributed by atoms with E-state index in [0.717, 1.165) is 24.3 Å². The van der Waals surface area contributed by atoms with E-state index in [9.17, 15) is 0 Å². The normalized spacial score (nSPS) is 11.1. The van der Waals surface area contributed by atoms with Crippen LogP contribution in [0.25, 0.3) is 10.8 Å². The average Bonchev–Trinajstić information content (AvgIpc) is 2.85. The van der Waals surface area contributed by atoms with Crippen LogP contribution in [-0.4, -0.2) is 0 Å². The summed E-state index contributed by atoms with van der Waals surface area (Å²) in [6, 6.07) is 16.9. The molecule has 0 aliphatic heterocycles. The minimum atomic E-state index is 0.799. The lowest BCUT2D eigenvalue weighted by atomic mass is 10.1. The summed E-state index contributed by atoms with van der Waals surface area (Å²) in [6.07, 6.45) is 0. The summed E-state index contributed by atoms with van der Waals surface area (Å²) in [5.41, 5.74) is 8.16. The largest absolute Gasteiger partial charge is 0.398 e. The Morgan fingerprint density at radius 1 is 1.00 bits per heavy atom. The number of nitrogens with one attached hydrogen (secondary N) is 1. The Morgan fingerprint density at radius 2 is 1.75 bits per heavy atom. The van der Waals surface area contributed by atoms with Crippen LogP contribution in [0.15, 0.2) is 48.5 Å². The zero-order valence-corrected chi connectivity index (χ0v) is 12.3. The fraction of sp³-hybridized carbons (Fsp3) is 0.176. The Labute approximate surface area is 123 Å². The average molecular weight is 282 g/mol. The zero-order valence-electron chi connectivity index (χ0n) is 11.5. The third-order valence-electron chi connectivity index (χ3n) is 3.42. The molecule has 3 N–H and O–H groups in total. The van der Waals surface area contributed by atoms with E-state index in [2.05, 4.69) is 54.7 Å². The number of nitrogen functional groups attached to an aromatic ring is 1. The number of rotatable bonds is 4. The zero-order chi connectivity index (χ0) is 13.9. The lowest BCUT2D eigenvalue weighted by molar-refractivity contribution is 0.703. The van der Waals surface area contributed by atoms with Gasteiger partial charge < -0.3 is 11.1 Å². The SMILES string of the molecule is Cc1ccc(CNCc2cc3ccccc3cc2N)s1. The van der Waals surface area contributed by atoms with Crippen molar-refractivity contribution in [2.75, 3.05) is 5.73 Å². The molecule has 0 bridgehead atoms. The van der Waals surface area contributed by atoms with Gasteiger partial charge in [-0.25, -0.2) is 0 Å². The summed E-state index contributed by atoms with van der Waals surface area (Å²) in [5, 5.41) is 5.91. The van der Waals surface area contributed by atoms with Crippen LogP contribution in [0.2, 0.25) is 0 Å². The number of benzene rings is 2. The van der Waals surface area contributed by atoms with Gasteiger partial charge in [-0.3, -0.25) is 0 Å². The van der Waals surface area contributed by atoms with Gasteiger partial charge in [0, 0.05) is 28.5 Å². The van der Waals surface area contributed by atoms with Gasteiger partial charge >= 0.3 is 0 Å². The molecule has 0 aliphatic rings. The lowest BCUT2D eigenvalue weighted by Crippen LogP contribution is -2.13. The molecular formula is C17H18N2S. The van der Waals surface area contributed by atoms with Crippen LogP contribution in [0.5, 0.6) is 0 Å². The maximum atomic E-state index is 6.13. The second kappa shape index (κ2) is 5.65. The maximum Gasteiger partial charge on any atom is 0.0366 e. The summed E-state index contributed by atoms with van der Waals surface area (Å²) < 4.78 is 0. The van der Waals surface area contributed by atoms with E-state index < -0.39 is 0 Å². The van der Waals surface area contributed by atoms with Gasteiger partial charge in [0.1, 0.15) is 0 Å². The van der Waals surface area contributed by atoms with Crippen molar-refractivity contribution in [1.82, 2.24) is 5.32 Å². The molecule has 0 atom stereocenters. The van der Waals surface area contributed by atoms with Gasteiger partial charge in [-0.05, 0) is 47.5 Å². The molecule has 2 nitrogen and oxygen atoms in total. The quantitative estimate of drug-likeness (QED) is 0.708. The summed E-state index contributed by atoms with van der Waals surface area (Å²) in [5.74, 6) is 0. The maximum absolute atomic E-state index is 6.13. The summed E-state index contributed by atoms with van der Waals surface area (Å²) >= 11 is 1.84. The highest BCUT2D eigenvalue weighted by atomic mass is 32.1. The van der Waals surface area contributed by atoms with Gasteiger partial charge in [0.25, 0.3) is 0 Å².